The zero-order valence-electron chi connectivity index (χ0n) is 10.5. The highest BCUT2D eigenvalue weighted by molar-refractivity contribution is 8.30. The topological polar surface area (TPSA) is 26.3 Å². The zero-order valence-corrected chi connectivity index (χ0v) is 12.2. The Bertz CT molecular complexity index is 593. The minimum Gasteiger partial charge on any atom is -0.286 e. The summed E-state index contributed by atoms with van der Waals surface area (Å²) in [5, 5.41) is 0. The summed E-state index contributed by atoms with van der Waals surface area (Å²) in [5.41, 5.74) is 1.25. The zero-order chi connectivity index (χ0) is 13.6. The first-order chi connectivity index (χ1) is 9.18. The summed E-state index contributed by atoms with van der Waals surface area (Å²) >= 11 is 5.05. The van der Waals surface area contributed by atoms with Crippen molar-refractivity contribution in [3.63, 3.8) is 0 Å². The van der Waals surface area contributed by atoms with Gasteiger partial charge < -0.3 is 0 Å². The third-order valence-corrected chi connectivity index (χ3v) is 4.92. The number of hydrogen-bond acceptors (Lipinski definition) is 3. The van der Waals surface area contributed by atoms with Crippen molar-refractivity contribution in [1.82, 2.24) is 0 Å². The molecule has 0 fully saturated rings. The molecule has 0 aliphatic rings. The van der Waals surface area contributed by atoms with Crippen LogP contribution in [0.1, 0.15) is 12.0 Å². The first-order valence-corrected chi connectivity index (χ1v) is 8.58. The molecule has 0 amide bonds. The molecule has 0 saturated carbocycles. The summed E-state index contributed by atoms with van der Waals surface area (Å²) in [6, 6.07) is 19.1. The van der Waals surface area contributed by atoms with Crippen molar-refractivity contribution in [2.75, 3.05) is 6.61 Å². The molecule has 0 spiro atoms. The number of aryl methyl sites for hydroxylation is 1. The molecule has 0 N–H and O–H groups in total. The van der Waals surface area contributed by atoms with Crippen LogP contribution in [-0.4, -0.2) is 10.8 Å². The molecule has 0 heterocycles. The Kier molecular flexibility index (Phi) is 5.07. The molecule has 0 aliphatic carbocycles. The van der Waals surface area contributed by atoms with Crippen molar-refractivity contribution in [2.45, 2.75) is 17.7 Å². The van der Waals surface area contributed by atoms with Crippen LogP contribution in [0.3, 0.4) is 0 Å². The van der Waals surface area contributed by atoms with Gasteiger partial charge in [0.25, 0.3) is 0 Å². The molecule has 2 rings (SSSR count). The van der Waals surface area contributed by atoms with E-state index in [4.69, 9.17) is 15.4 Å². The summed E-state index contributed by atoms with van der Waals surface area (Å²) in [5.74, 6) is 0. The second-order valence-corrected chi connectivity index (χ2v) is 7.11. The highest BCUT2D eigenvalue weighted by Crippen LogP contribution is 2.12. The predicted octanol–water partition coefficient (Wildman–Crippen LogP) is 3.36. The molecule has 0 saturated heterocycles. The second-order valence-electron chi connectivity index (χ2n) is 4.18. The lowest BCUT2D eigenvalue weighted by molar-refractivity contribution is 0.338. The van der Waals surface area contributed by atoms with E-state index >= 15 is 0 Å². The van der Waals surface area contributed by atoms with Crippen molar-refractivity contribution in [2.24, 2.45) is 0 Å². The molecule has 19 heavy (non-hydrogen) atoms. The Balaban J connectivity index is 1.83. The van der Waals surface area contributed by atoms with Crippen LogP contribution in [0, 0.1) is 0 Å². The average Bonchev–Trinajstić information content (AvgIpc) is 2.46. The molecule has 4 heteroatoms. The lowest BCUT2D eigenvalue weighted by Gasteiger charge is -2.08. The van der Waals surface area contributed by atoms with E-state index in [0.29, 0.717) is 11.5 Å². The van der Waals surface area contributed by atoms with E-state index in [1.807, 2.05) is 36.4 Å². The Morgan fingerprint density at radius 3 is 2.16 bits per heavy atom. The fourth-order valence-corrected chi connectivity index (χ4v) is 3.25. The first-order valence-electron chi connectivity index (χ1n) is 6.17. The van der Waals surface area contributed by atoms with E-state index in [-0.39, 0.29) is 0 Å². The van der Waals surface area contributed by atoms with Crippen molar-refractivity contribution >= 4 is 20.0 Å². The molecule has 0 radical (unpaired) electrons. The second kappa shape index (κ2) is 6.80. The maximum absolute atomic E-state index is 12.2. The molecule has 1 unspecified atom stereocenters. The lowest BCUT2D eigenvalue weighted by Crippen LogP contribution is -2.06. The van der Waals surface area contributed by atoms with Gasteiger partial charge in [-0.2, -0.15) is 0 Å². The summed E-state index contributed by atoms with van der Waals surface area (Å²) in [7, 11) is -2.78. The van der Waals surface area contributed by atoms with Gasteiger partial charge in [0.1, 0.15) is 0 Å². The highest BCUT2D eigenvalue weighted by atomic mass is 32.8. The molecular formula is C15H16O2S2. The van der Waals surface area contributed by atoms with Crippen LogP contribution in [0.4, 0.5) is 0 Å². The number of benzene rings is 2. The van der Waals surface area contributed by atoms with Gasteiger partial charge in [0.05, 0.1) is 11.5 Å². The van der Waals surface area contributed by atoms with Crippen molar-refractivity contribution in [3.05, 3.63) is 66.2 Å². The van der Waals surface area contributed by atoms with Gasteiger partial charge in [0.2, 0.25) is 0 Å². The molecule has 0 bridgehead atoms. The Morgan fingerprint density at radius 1 is 0.947 bits per heavy atom. The van der Waals surface area contributed by atoms with Crippen LogP contribution >= 0.6 is 0 Å². The average molecular weight is 292 g/mol. The van der Waals surface area contributed by atoms with Crippen molar-refractivity contribution in [3.8, 4) is 0 Å². The molecule has 1 atom stereocenters. The number of rotatable bonds is 6. The van der Waals surface area contributed by atoms with Crippen LogP contribution in [0.25, 0.3) is 0 Å². The summed E-state index contributed by atoms with van der Waals surface area (Å²) in [6.07, 6.45) is 1.71. The minimum atomic E-state index is -2.78. The smallest absolute Gasteiger partial charge is 0.173 e. The Labute approximate surface area is 119 Å². The van der Waals surface area contributed by atoms with Crippen LogP contribution in [0.15, 0.2) is 65.6 Å². The standard InChI is InChI=1S/C15H16O2S2/c16-19(18,15-11-5-2-6-12-15)17-13-7-10-14-8-3-1-4-9-14/h1-6,8-9,11-12H,7,10,13H2. The predicted molar refractivity (Wildman–Crippen MR) is 80.9 cm³/mol. The molecule has 0 aliphatic heterocycles. The van der Waals surface area contributed by atoms with Gasteiger partial charge in [-0.25, -0.2) is 4.21 Å². The largest absolute Gasteiger partial charge is 0.286 e. The normalized spacial score (nSPS) is 13.9. The van der Waals surface area contributed by atoms with Crippen LogP contribution < -0.4 is 0 Å². The quantitative estimate of drug-likeness (QED) is 0.764. The van der Waals surface area contributed by atoms with E-state index in [1.54, 1.807) is 12.1 Å². The van der Waals surface area contributed by atoms with Crippen LogP contribution in [-0.2, 0) is 30.6 Å². The molecule has 2 nitrogen and oxygen atoms in total. The van der Waals surface area contributed by atoms with E-state index in [0.717, 1.165) is 12.8 Å². The van der Waals surface area contributed by atoms with Gasteiger partial charge in [0, 0.05) is 11.2 Å². The lowest BCUT2D eigenvalue weighted by atomic mass is 10.1. The fraction of sp³-hybridized carbons (Fsp3) is 0.200. The van der Waals surface area contributed by atoms with Gasteiger partial charge in [-0.1, -0.05) is 48.5 Å². The van der Waals surface area contributed by atoms with Gasteiger partial charge in [-0.05, 0) is 30.5 Å². The van der Waals surface area contributed by atoms with Gasteiger partial charge in [0.15, 0.2) is 8.77 Å². The number of hydrogen-bond donors (Lipinski definition) is 0. The molecule has 100 valence electrons. The van der Waals surface area contributed by atoms with E-state index < -0.39 is 8.77 Å². The molecular weight excluding hydrogens is 276 g/mol. The van der Waals surface area contributed by atoms with Crippen LogP contribution in [0.2, 0.25) is 0 Å². The van der Waals surface area contributed by atoms with Gasteiger partial charge >= 0.3 is 0 Å². The van der Waals surface area contributed by atoms with Gasteiger partial charge in [-0.3, -0.25) is 4.18 Å². The van der Waals surface area contributed by atoms with Gasteiger partial charge in [-0.15, -0.1) is 0 Å². The third-order valence-electron chi connectivity index (χ3n) is 2.72. The molecule has 0 aromatic heterocycles. The maximum atomic E-state index is 12.2. The first kappa shape index (κ1) is 14.2. The summed E-state index contributed by atoms with van der Waals surface area (Å²) in [6.45, 7) is 0.409. The third kappa shape index (κ3) is 4.42. The SMILES string of the molecule is O=S(=S)(OCCCc1ccccc1)c1ccccc1. The summed E-state index contributed by atoms with van der Waals surface area (Å²) < 4.78 is 17.6. The Morgan fingerprint density at radius 2 is 1.53 bits per heavy atom. The van der Waals surface area contributed by atoms with E-state index in [1.165, 1.54) is 5.56 Å². The fourth-order valence-electron chi connectivity index (χ4n) is 1.74. The van der Waals surface area contributed by atoms with Crippen LogP contribution in [0.5, 0.6) is 0 Å². The highest BCUT2D eigenvalue weighted by Gasteiger charge is 2.09. The minimum absolute atomic E-state index is 0.409. The van der Waals surface area contributed by atoms with E-state index in [9.17, 15) is 4.21 Å². The summed E-state index contributed by atoms with van der Waals surface area (Å²) in [4.78, 5) is 0.574. The molecule has 2 aromatic carbocycles. The molecule has 2 aromatic rings. The maximum Gasteiger partial charge on any atom is 0.173 e. The monoisotopic (exact) mass is 292 g/mol. The Hall–Kier alpha value is -1.23. The van der Waals surface area contributed by atoms with Crippen molar-refractivity contribution < 1.29 is 8.39 Å². The van der Waals surface area contributed by atoms with Crippen molar-refractivity contribution in [1.29, 1.82) is 0 Å². The van der Waals surface area contributed by atoms with E-state index in [2.05, 4.69) is 12.1 Å².